The van der Waals surface area contributed by atoms with Crippen molar-refractivity contribution in [1.29, 1.82) is 0 Å². The van der Waals surface area contributed by atoms with Crippen LogP contribution in [-0.2, 0) is 11.2 Å². The molecule has 1 atom stereocenters. The first kappa shape index (κ1) is 12.8. The van der Waals surface area contributed by atoms with Crippen molar-refractivity contribution in [3.8, 4) is 0 Å². The van der Waals surface area contributed by atoms with E-state index in [4.69, 9.17) is 0 Å². The number of amides is 1. The topological polar surface area (TPSA) is 75.4 Å². The van der Waals surface area contributed by atoms with Crippen LogP contribution in [0.1, 0.15) is 26.0 Å². The van der Waals surface area contributed by atoms with Crippen LogP contribution in [0.4, 0.5) is 5.69 Å². The fourth-order valence-electron chi connectivity index (χ4n) is 2.51. The van der Waals surface area contributed by atoms with E-state index < -0.39 is 0 Å². The zero-order valence-electron chi connectivity index (χ0n) is 11.7. The summed E-state index contributed by atoms with van der Waals surface area (Å²) in [7, 11) is 0. The maximum atomic E-state index is 11.6. The number of aromatic nitrogens is 4. The second kappa shape index (κ2) is 5.07. The Morgan fingerprint density at radius 3 is 3.15 bits per heavy atom. The lowest BCUT2D eigenvalue weighted by molar-refractivity contribution is -0.120. The van der Waals surface area contributed by atoms with Gasteiger partial charge in [0.1, 0.15) is 6.33 Å². The van der Waals surface area contributed by atoms with Crippen LogP contribution < -0.4 is 10.2 Å². The Kier molecular flexibility index (Phi) is 3.25. The fraction of sp³-hybridized carbons (Fsp3) is 0.538. The summed E-state index contributed by atoms with van der Waals surface area (Å²) in [6, 6.07) is 2.27. The molecule has 0 spiro atoms. The van der Waals surface area contributed by atoms with Crippen LogP contribution in [-0.4, -0.2) is 44.8 Å². The first-order valence-electron chi connectivity index (χ1n) is 6.92. The Hall–Kier alpha value is -2.18. The first-order chi connectivity index (χ1) is 9.69. The molecule has 0 aliphatic carbocycles. The summed E-state index contributed by atoms with van der Waals surface area (Å²) < 4.78 is 1.71. The molecule has 20 heavy (non-hydrogen) atoms. The summed E-state index contributed by atoms with van der Waals surface area (Å²) in [5, 5.41) is 15.5. The highest BCUT2D eigenvalue weighted by atomic mass is 16.1. The fourth-order valence-corrected chi connectivity index (χ4v) is 2.51. The molecular weight excluding hydrogens is 256 g/mol. The molecule has 2 aromatic heterocycles. The molecule has 0 radical (unpaired) electrons. The third kappa shape index (κ3) is 2.19. The summed E-state index contributed by atoms with van der Waals surface area (Å²) >= 11 is 0. The summed E-state index contributed by atoms with van der Waals surface area (Å²) in [5.41, 5.74) is 2.73. The van der Waals surface area contributed by atoms with Crippen LogP contribution in [0.25, 0.3) is 5.65 Å². The maximum absolute atomic E-state index is 11.6. The molecule has 3 heterocycles. The number of rotatable bonds is 2. The highest BCUT2D eigenvalue weighted by molar-refractivity contribution is 5.78. The molecule has 1 saturated heterocycles. The molecule has 0 saturated carbocycles. The van der Waals surface area contributed by atoms with Gasteiger partial charge < -0.3 is 10.2 Å². The molecule has 106 valence electrons. The summed E-state index contributed by atoms with van der Waals surface area (Å²) in [5.74, 6) is 0.0987. The Balaban J connectivity index is 2.07. The standard InChI is InChI=1S/C13H18N6O/c1-3-10-6-11(13-16-15-8-19(13)17-10)18-5-4-12(20)14-7-9(18)2/h6,8-9H,3-5,7H2,1-2H3,(H,14,20). The molecule has 1 aliphatic rings. The molecule has 1 aliphatic heterocycles. The van der Waals surface area contributed by atoms with Gasteiger partial charge in [-0.2, -0.15) is 9.61 Å². The molecule has 7 heteroatoms. The van der Waals surface area contributed by atoms with E-state index in [9.17, 15) is 4.79 Å². The number of hydrogen-bond acceptors (Lipinski definition) is 5. The molecule has 7 nitrogen and oxygen atoms in total. The average Bonchev–Trinajstić information content (AvgIpc) is 2.86. The van der Waals surface area contributed by atoms with Crippen molar-refractivity contribution in [2.24, 2.45) is 0 Å². The Labute approximate surface area is 117 Å². The van der Waals surface area contributed by atoms with Crippen molar-refractivity contribution in [2.75, 3.05) is 18.0 Å². The zero-order chi connectivity index (χ0) is 14.1. The molecule has 1 fully saturated rings. The lowest BCUT2D eigenvalue weighted by atomic mass is 10.2. The van der Waals surface area contributed by atoms with Gasteiger partial charge in [0.25, 0.3) is 0 Å². The largest absolute Gasteiger partial charge is 0.363 e. The molecule has 2 aromatic rings. The molecule has 3 rings (SSSR count). The number of nitrogens with zero attached hydrogens (tertiary/aromatic N) is 5. The van der Waals surface area contributed by atoms with Crippen LogP contribution in [0.5, 0.6) is 0 Å². The second-order valence-corrected chi connectivity index (χ2v) is 5.07. The average molecular weight is 274 g/mol. The van der Waals surface area contributed by atoms with Crippen molar-refractivity contribution in [1.82, 2.24) is 25.1 Å². The maximum Gasteiger partial charge on any atom is 0.221 e. The van der Waals surface area contributed by atoms with Gasteiger partial charge in [-0.3, -0.25) is 4.79 Å². The van der Waals surface area contributed by atoms with E-state index in [1.165, 1.54) is 0 Å². The Bertz CT molecular complexity index is 637. The van der Waals surface area contributed by atoms with E-state index in [1.807, 2.05) is 0 Å². The third-order valence-electron chi connectivity index (χ3n) is 3.68. The number of fused-ring (bicyclic) bond motifs is 1. The van der Waals surface area contributed by atoms with Gasteiger partial charge in [-0.05, 0) is 19.4 Å². The molecular formula is C13H18N6O. The van der Waals surface area contributed by atoms with Crippen LogP contribution in [0, 0.1) is 0 Å². The normalized spacial score (nSPS) is 20.0. The van der Waals surface area contributed by atoms with Crippen LogP contribution >= 0.6 is 0 Å². The number of anilines is 1. The summed E-state index contributed by atoms with van der Waals surface area (Å²) in [4.78, 5) is 13.8. The van der Waals surface area contributed by atoms with Gasteiger partial charge in [0, 0.05) is 25.6 Å². The van der Waals surface area contributed by atoms with E-state index >= 15 is 0 Å². The van der Waals surface area contributed by atoms with Crippen molar-refractivity contribution >= 4 is 17.2 Å². The highest BCUT2D eigenvalue weighted by Gasteiger charge is 2.23. The number of carbonyl (C=O) groups is 1. The van der Waals surface area contributed by atoms with Gasteiger partial charge in [0.2, 0.25) is 11.6 Å². The van der Waals surface area contributed by atoms with Gasteiger partial charge in [-0.1, -0.05) is 6.92 Å². The number of carbonyl (C=O) groups excluding carboxylic acids is 1. The van der Waals surface area contributed by atoms with Crippen molar-refractivity contribution in [3.05, 3.63) is 18.1 Å². The predicted octanol–water partition coefficient (Wildman–Crippen LogP) is 0.401. The van der Waals surface area contributed by atoms with Crippen molar-refractivity contribution < 1.29 is 4.79 Å². The van der Waals surface area contributed by atoms with E-state index in [2.05, 4.69) is 45.4 Å². The molecule has 1 amide bonds. The summed E-state index contributed by atoms with van der Waals surface area (Å²) in [6.45, 7) is 5.50. The van der Waals surface area contributed by atoms with Crippen LogP contribution in [0.15, 0.2) is 12.4 Å². The van der Waals surface area contributed by atoms with E-state index in [-0.39, 0.29) is 11.9 Å². The Morgan fingerprint density at radius 2 is 2.35 bits per heavy atom. The van der Waals surface area contributed by atoms with Crippen molar-refractivity contribution in [2.45, 2.75) is 32.7 Å². The van der Waals surface area contributed by atoms with E-state index in [1.54, 1.807) is 10.8 Å². The van der Waals surface area contributed by atoms with E-state index in [0.29, 0.717) is 19.5 Å². The summed E-state index contributed by atoms with van der Waals surface area (Å²) in [6.07, 6.45) is 2.96. The number of aryl methyl sites for hydroxylation is 1. The molecule has 0 aromatic carbocycles. The minimum absolute atomic E-state index is 0.0987. The molecule has 0 bridgehead atoms. The lowest BCUT2D eigenvalue weighted by Gasteiger charge is -2.28. The minimum atomic E-state index is 0.0987. The molecule has 1 N–H and O–H groups in total. The first-order valence-corrected chi connectivity index (χ1v) is 6.92. The van der Waals surface area contributed by atoms with Gasteiger partial charge >= 0.3 is 0 Å². The second-order valence-electron chi connectivity index (χ2n) is 5.07. The van der Waals surface area contributed by atoms with E-state index in [0.717, 1.165) is 23.4 Å². The lowest BCUT2D eigenvalue weighted by Crippen LogP contribution is -2.38. The number of nitrogens with one attached hydrogen (secondary N) is 1. The Morgan fingerprint density at radius 1 is 1.50 bits per heavy atom. The van der Waals surface area contributed by atoms with Gasteiger partial charge in [0.15, 0.2) is 0 Å². The predicted molar refractivity (Wildman–Crippen MR) is 74.6 cm³/mol. The smallest absolute Gasteiger partial charge is 0.221 e. The highest BCUT2D eigenvalue weighted by Crippen LogP contribution is 2.24. The SMILES string of the molecule is CCc1cc(N2CCC(=O)NCC2C)c2nncn2n1. The van der Waals surface area contributed by atoms with Gasteiger partial charge in [-0.15, -0.1) is 10.2 Å². The number of hydrogen-bond donors (Lipinski definition) is 1. The molecule has 1 unspecified atom stereocenters. The van der Waals surface area contributed by atoms with Gasteiger partial charge in [0.05, 0.1) is 11.4 Å². The minimum Gasteiger partial charge on any atom is -0.363 e. The third-order valence-corrected chi connectivity index (χ3v) is 3.68. The van der Waals surface area contributed by atoms with Crippen LogP contribution in [0.2, 0.25) is 0 Å². The quantitative estimate of drug-likeness (QED) is 0.858. The van der Waals surface area contributed by atoms with Crippen molar-refractivity contribution in [3.63, 3.8) is 0 Å². The zero-order valence-corrected chi connectivity index (χ0v) is 11.7. The van der Waals surface area contributed by atoms with Crippen LogP contribution in [0.3, 0.4) is 0 Å². The van der Waals surface area contributed by atoms with Gasteiger partial charge in [-0.25, -0.2) is 0 Å². The monoisotopic (exact) mass is 274 g/mol.